The van der Waals surface area contributed by atoms with Gasteiger partial charge in [-0.15, -0.1) is 0 Å². The third kappa shape index (κ3) is 5.08. The molecule has 0 radical (unpaired) electrons. The van der Waals surface area contributed by atoms with Crippen molar-refractivity contribution < 1.29 is 32.7 Å². The fourth-order valence-electron chi connectivity index (χ4n) is 2.38. The molecule has 0 saturated carbocycles. The predicted molar refractivity (Wildman–Crippen MR) is 101 cm³/mol. The first kappa shape index (κ1) is 21.2. The highest BCUT2D eigenvalue weighted by Crippen LogP contribution is 2.28. The Hall–Kier alpha value is -3.54. The highest BCUT2D eigenvalue weighted by Gasteiger charge is 2.32. The summed E-state index contributed by atoms with van der Waals surface area (Å²) in [5.74, 6) is -2.18. The number of thiazole rings is 1. The maximum absolute atomic E-state index is 12.5. The number of carbonyl (C=O) groups excluding carboxylic acids is 2. The Morgan fingerprint density at radius 3 is 2.47 bits per heavy atom. The molecule has 156 valence electrons. The fourth-order valence-corrected chi connectivity index (χ4v) is 3.30. The number of amides is 2. The second-order valence-corrected chi connectivity index (χ2v) is 7.02. The Morgan fingerprint density at radius 1 is 1.10 bits per heavy atom. The van der Waals surface area contributed by atoms with Crippen molar-refractivity contribution in [2.75, 3.05) is 11.9 Å². The Bertz CT molecular complexity index is 1110. The molecule has 2 heterocycles. The zero-order chi connectivity index (χ0) is 21.9. The predicted octanol–water partition coefficient (Wildman–Crippen LogP) is 3.17. The standard InChI is InChI=1S/C18H13F3N4O4S/c19-18(20,21)13-4-2-10(8-23-13)15(27)22-6-5-14(26)25-17-24-11-3-1-9(16(28)29)7-12(11)30-17/h1-4,7-8H,5-6H2,(H,22,27)(H,28,29)(H,24,25,26). The van der Waals surface area contributed by atoms with Crippen molar-refractivity contribution in [3.63, 3.8) is 0 Å². The number of carboxylic acids is 1. The summed E-state index contributed by atoms with van der Waals surface area (Å²) in [5, 5.41) is 14.2. The minimum absolute atomic E-state index is 0.0558. The van der Waals surface area contributed by atoms with Gasteiger partial charge in [-0.3, -0.25) is 14.6 Å². The molecule has 2 amide bonds. The van der Waals surface area contributed by atoms with Crippen LogP contribution >= 0.6 is 11.3 Å². The molecule has 0 unspecified atom stereocenters. The van der Waals surface area contributed by atoms with E-state index in [1.165, 1.54) is 18.2 Å². The van der Waals surface area contributed by atoms with Gasteiger partial charge in [-0.2, -0.15) is 13.2 Å². The molecule has 0 aliphatic heterocycles. The normalized spacial score (nSPS) is 11.3. The van der Waals surface area contributed by atoms with E-state index >= 15 is 0 Å². The van der Waals surface area contributed by atoms with E-state index in [1.807, 2.05) is 0 Å². The lowest BCUT2D eigenvalue weighted by atomic mass is 10.2. The smallest absolute Gasteiger partial charge is 0.433 e. The Kier molecular flexibility index (Phi) is 5.96. The lowest BCUT2D eigenvalue weighted by molar-refractivity contribution is -0.141. The number of hydrogen-bond acceptors (Lipinski definition) is 6. The van der Waals surface area contributed by atoms with Gasteiger partial charge in [0.25, 0.3) is 5.91 Å². The number of anilines is 1. The summed E-state index contributed by atoms with van der Waals surface area (Å²) in [6, 6.07) is 6.08. The molecule has 3 N–H and O–H groups in total. The van der Waals surface area contributed by atoms with E-state index in [9.17, 15) is 27.6 Å². The highest BCUT2D eigenvalue weighted by molar-refractivity contribution is 7.22. The maximum Gasteiger partial charge on any atom is 0.433 e. The second kappa shape index (κ2) is 8.45. The van der Waals surface area contributed by atoms with E-state index in [4.69, 9.17) is 5.11 Å². The van der Waals surface area contributed by atoms with Crippen LogP contribution in [0.15, 0.2) is 36.5 Å². The van der Waals surface area contributed by atoms with Crippen LogP contribution in [-0.4, -0.2) is 39.4 Å². The van der Waals surface area contributed by atoms with Crippen molar-refractivity contribution in [1.82, 2.24) is 15.3 Å². The molecule has 3 rings (SSSR count). The van der Waals surface area contributed by atoms with Crippen LogP contribution in [0.2, 0.25) is 0 Å². The van der Waals surface area contributed by atoms with Crippen molar-refractivity contribution in [1.29, 1.82) is 0 Å². The molecule has 12 heteroatoms. The van der Waals surface area contributed by atoms with Crippen LogP contribution in [0.25, 0.3) is 10.2 Å². The van der Waals surface area contributed by atoms with Crippen LogP contribution in [0.4, 0.5) is 18.3 Å². The lowest BCUT2D eigenvalue weighted by Gasteiger charge is -2.07. The second-order valence-electron chi connectivity index (χ2n) is 5.99. The highest BCUT2D eigenvalue weighted by atomic mass is 32.1. The minimum Gasteiger partial charge on any atom is -0.478 e. The minimum atomic E-state index is -4.59. The van der Waals surface area contributed by atoms with Gasteiger partial charge in [0.1, 0.15) is 5.69 Å². The summed E-state index contributed by atoms with van der Waals surface area (Å²) >= 11 is 1.10. The average molecular weight is 438 g/mol. The number of hydrogen-bond donors (Lipinski definition) is 3. The van der Waals surface area contributed by atoms with Gasteiger partial charge >= 0.3 is 12.1 Å². The van der Waals surface area contributed by atoms with Crippen LogP contribution in [0.1, 0.15) is 32.8 Å². The van der Waals surface area contributed by atoms with E-state index in [1.54, 1.807) is 0 Å². The van der Waals surface area contributed by atoms with Crippen molar-refractivity contribution in [3.8, 4) is 0 Å². The molecule has 0 aliphatic rings. The van der Waals surface area contributed by atoms with Gasteiger partial charge in [0.2, 0.25) is 5.91 Å². The van der Waals surface area contributed by atoms with Gasteiger partial charge < -0.3 is 15.7 Å². The van der Waals surface area contributed by atoms with E-state index < -0.39 is 29.7 Å². The first-order chi connectivity index (χ1) is 14.1. The van der Waals surface area contributed by atoms with Crippen molar-refractivity contribution in [2.45, 2.75) is 12.6 Å². The Labute approximate surface area is 170 Å². The Morgan fingerprint density at radius 2 is 1.83 bits per heavy atom. The molecule has 0 aliphatic carbocycles. The number of rotatable bonds is 6. The van der Waals surface area contributed by atoms with Crippen LogP contribution in [-0.2, 0) is 11.0 Å². The quantitative estimate of drug-likeness (QED) is 0.544. The van der Waals surface area contributed by atoms with Gasteiger partial charge in [-0.1, -0.05) is 11.3 Å². The molecule has 0 fully saturated rings. The van der Waals surface area contributed by atoms with E-state index in [-0.39, 0.29) is 29.2 Å². The largest absolute Gasteiger partial charge is 0.478 e. The number of carbonyl (C=O) groups is 3. The SMILES string of the molecule is O=C(CCNC(=O)c1ccc(C(F)(F)F)nc1)Nc1nc2ccc(C(=O)O)cc2s1. The molecule has 0 bridgehead atoms. The maximum atomic E-state index is 12.5. The van der Waals surface area contributed by atoms with E-state index in [2.05, 4.69) is 20.6 Å². The molecule has 0 atom stereocenters. The number of nitrogens with zero attached hydrogens (tertiary/aromatic N) is 2. The molecule has 3 aromatic rings. The molecular weight excluding hydrogens is 425 g/mol. The zero-order valence-electron chi connectivity index (χ0n) is 15.0. The zero-order valence-corrected chi connectivity index (χ0v) is 15.8. The summed E-state index contributed by atoms with van der Waals surface area (Å²) in [6.07, 6.45) is -3.89. The first-order valence-corrected chi connectivity index (χ1v) is 9.20. The summed E-state index contributed by atoms with van der Waals surface area (Å²) < 4.78 is 38.0. The van der Waals surface area contributed by atoms with Gasteiger partial charge in [-0.25, -0.2) is 9.78 Å². The summed E-state index contributed by atoms with van der Waals surface area (Å²) in [5.41, 5.74) is -0.540. The number of pyridine rings is 1. The topological polar surface area (TPSA) is 121 Å². The first-order valence-electron chi connectivity index (χ1n) is 8.38. The molecular formula is C18H13F3N4O4S. The molecule has 0 saturated heterocycles. The van der Waals surface area contributed by atoms with Crippen LogP contribution in [0.5, 0.6) is 0 Å². The van der Waals surface area contributed by atoms with Crippen LogP contribution in [0, 0.1) is 0 Å². The molecule has 1 aromatic carbocycles. The van der Waals surface area contributed by atoms with Gasteiger partial charge in [0.15, 0.2) is 5.13 Å². The number of fused-ring (bicyclic) bond motifs is 1. The molecule has 8 nitrogen and oxygen atoms in total. The number of benzene rings is 1. The van der Waals surface area contributed by atoms with Gasteiger partial charge in [0, 0.05) is 19.2 Å². The van der Waals surface area contributed by atoms with Gasteiger partial charge in [-0.05, 0) is 30.3 Å². The van der Waals surface area contributed by atoms with E-state index in [0.29, 0.717) is 16.3 Å². The van der Waals surface area contributed by atoms with Crippen LogP contribution < -0.4 is 10.6 Å². The van der Waals surface area contributed by atoms with Crippen molar-refractivity contribution in [3.05, 3.63) is 53.3 Å². The molecule has 0 spiro atoms. The molecule has 30 heavy (non-hydrogen) atoms. The fraction of sp³-hybridized carbons (Fsp3) is 0.167. The van der Waals surface area contributed by atoms with E-state index in [0.717, 1.165) is 23.6 Å². The Balaban J connectivity index is 1.51. The van der Waals surface area contributed by atoms with Crippen molar-refractivity contribution >= 4 is 44.5 Å². The van der Waals surface area contributed by atoms with Crippen molar-refractivity contribution in [2.24, 2.45) is 0 Å². The number of carboxylic acid groups (broad SMARTS) is 1. The number of aromatic carboxylic acids is 1. The number of nitrogens with one attached hydrogen (secondary N) is 2. The summed E-state index contributed by atoms with van der Waals surface area (Å²) in [6.45, 7) is -0.0558. The van der Waals surface area contributed by atoms with Gasteiger partial charge in [0.05, 0.1) is 21.3 Å². The number of halogens is 3. The lowest BCUT2D eigenvalue weighted by Crippen LogP contribution is -2.27. The van der Waals surface area contributed by atoms with Crippen LogP contribution in [0.3, 0.4) is 0 Å². The summed E-state index contributed by atoms with van der Waals surface area (Å²) in [7, 11) is 0. The third-order valence-corrected chi connectivity index (χ3v) is 4.77. The number of alkyl halides is 3. The monoisotopic (exact) mass is 438 g/mol. The number of aromatic nitrogens is 2. The average Bonchev–Trinajstić information content (AvgIpc) is 3.08. The molecule has 2 aromatic heterocycles. The third-order valence-electron chi connectivity index (χ3n) is 3.84. The summed E-state index contributed by atoms with van der Waals surface area (Å²) in [4.78, 5) is 42.3.